The average Bonchev–Trinajstić information content (AvgIpc) is 3.15. The highest BCUT2D eigenvalue weighted by Gasteiger charge is 2.39. The number of amides is 2. The number of carbonyl (C=O) groups excluding carboxylic acids is 2. The molecule has 1 aromatic heterocycles. The highest BCUT2D eigenvalue weighted by atomic mass is 35.5. The Morgan fingerprint density at radius 3 is 2.46 bits per heavy atom. The largest absolute Gasteiger partial charge is 0.346 e. The minimum Gasteiger partial charge on any atom is -0.346 e. The van der Waals surface area contributed by atoms with Gasteiger partial charge >= 0.3 is 0 Å². The van der Waals surface area contributed by atoms with Gasteiger partial charge in [0.1, 0.15) is 5.01 Å². The number of halogens is 2. The zero-order valence-corrected chi connectivity index (χ0v) is 16.4. The predicted octanol–water partition coefficient (Wildman–Crippen LogP) is 1.97. The normalized spacial score (nSPS) is 16.7. The van der Waals surface area contributed by atoms with Crippen LogP contribution in [0.2, 0.25) is 0 Å². The van der Waals surface area contributed by atoms with Gasteiger partial charge in [-0.1, -0.05) is 26.7 Å². The summed E-state index contributed by atoms with van der Waals surface area (Å²) in [6, 6.07) is -0.591. The Morgan fingerprint density at radius 2 is 1.96 bits per heavy atom. The second kappa shape index (κ2) is 10.2. The molecular weight excluding hydrogens is 371 g/mol. The molecule has 1 heterocycles. The van der Waals surface area contributed by atoms with Crippen molar-refractivity contribution in [2.45, 2.75) is 51.1 Å². The Morgan fingerprint density at radius 1 is 1.33 bits per heavy atom. The van der Waals surface area contributed by atoms with E-state index in [0.717, 1.165) is 30.7 Å². The molecule has 0 spiro atoms. The van der Waals surface area contributed by atoms with E-state index >= 15 is 0 Å². The first-order chi connectivity index (χ1) is 10.4. The molecule has 2 rings (SSSR count). The lowest BCUT2D eigenvalue weighted by molar-refractivity contribution is -0.128. The highest BCUT2D eigenvalue weighted by molar-refractivity contribution is 7.09. The van der Waals surface area contributed by atoms with E-state index in [4.69, 9.17) is 5.73 Å². The summed E-state index contributed by atoms with van der Waals surface area (Å²) in [5.41, 5.74) is 5.40. The topological polar surface area (TPSA) is 97.1 Å². The van der Waals surface area contributed by atoms with Gasteiger partial charge in [0.2, 0.25) is 11.8 Å². The maximum Gasteiger partial charge on any atom is 0.240 e. The van der Waals surface area contributed by atoms with Crippen LogP contribution in [-0.2, 0) is 15.1 Å². The lowest BCUT2D eigenvalue weighted by Gasteiger charge is -2.28. The number of aromatic nitrogens is 1. The van der Waals surface area contributed by atoms with Crippen LogP contribution < -0.4 is 16.4 Å². The van der Waals surface area contributed by atoms with Crippen molar-refractivity contribution >= 4 is 48.0 Å². The van der Waals surface area contributed by atoms with E-state index in [2.05, 4.69) is 15.6 Å². The summed E-state index contributed by atoms with van der Waals surface area (Å²) in [6.45, 7) is 3.70. The summed E-state index contributed by atoms with van der Waals surface area (Å²) >= 11 is 1.56. The zero-order valence-electron chi connectivity index (χ0n) is 13.9. The molecule has 138 valence electrons. The van der Waals surface area contributed by atoms with Crippen LogP contribution in [0.3, 0.4) is 0 Å². The van der Waals surface area contributed by atoms with Crippen molar-refractivity contribution in [3.05, 3.63) is 16.6 Å². The van der Waals surface area contributed by atoms with Crippen molar-refractivity contribution in [2.75, 3.05) is 6.54 Å². The molecule has 1 aliphatic rings. The second-order valence-corrected chi connectivity index (χ2v) is 7.06. The first kappa shape index (κ1) is 23.1. The molecule has 2 amide bonds. The molecule has 0 saturated heterocycles. The number of nitrogens with zero attached hydrogens (tertiary/aromatic N) is 1. The molecule has 24 heavy (non-hydrogen) atoms. The maximum atomic E-state index is 12.2. The Hall–Kier alpha value is -0.890. The first-order valence-electron chi connectivity index (χ1n) is 7.69. The third-order valence-electron chi connectivity index (χ3n) is 4.12. The van der Waals surface area contributed by atoms with Gasteiger partial charge in [0.25, 0.3) is 0 Å². The van der Waals surface area contributed by atoms with Crippen LogP contribution in [0.4, 0.5) is 0 Å². The van der Waals surface area contributed by atoms with E-state index < -0.39 is 6.04 Å². The van der Waals surface area contributed by atoms with Crippen molar-refractivity contribution in [1.82, 2.24) is 15.6 Å². The van der Waals surface area contributed by atoms with E-state index in [1.54, 1.807) is 17.5 Å². The molecule has 1 saturated carbocycles. The fourth-order valence-corrected chi connectivity index (χ4v) is 3.58. The quantitative estimate of drug-likeness (QED) is 0.684. The summed E-state index contributed by atoms with van der Waals surface area (Å²) in [5, 5.41) is 8.55. The minimum absolute atomic E-state index is 0. The zero-order chi connectivity index (χ0) is 16.2. The minimum atomic E-state index is -0.591. The van der Waals surface area contributed by atoms with Crippen LogP contribution >= 0.6 is 36.2 Å². The third-order valence-corrected chi connectivity index (χ3v) is 5.10. The molecule has 0 aliphatic heterocycles. The molecule has 0 unspecified atom stereocenters. The van der Waals surface area contributed by atoms with E-state index in [1.165, 1.54) is 0 Å². The molecule has 1 aliphatic carbocycles. The van der Waals surface area contributed by atoms with Gasteiger partial charge in [-0.15, -0.1) is 36.2 Å². The lowest BCUT2D eigenvalue weighted by Crippen LogP contribution is -2.51. The van der Waals surface area contributed by atoms with E-state index in [9.17, 15) is 9.59 Å². The standard InChI is InChI=1S/C15H24N4O2S.2ClH/c1-10(2)12(16)13(21)18-9-11(20)19-15(5-3-4-6-15)14-17-7-8-22-14;;/h7-8,10,12H,3-6,9,16H2,1-2H3,(H,18,21)(H,19,20);2*1H/t12-;;/m0../s1. The molecule has 0 radical (unpaired) electrons. The van der Waals surface area contributed by atoms with Gasteiger partial charge in [-0.2, -0.15) is 0 Å². The molecule has 0 bridgehead atoms. The Balaban J connectivity index is 0.00000264. The van der Waals surface area contributed by atoms with Crippen LogP contribution in [0.5, 0.6) is 0 Å². The molecule has 1 fully saturated rings. The van der Waals surface area contributed by atoms with Crippen molar-refractivity contribution in [1.29, 1.82) is 0 Å². The summed E-state index contributed by atoms with van der Waals surface area (Å²) in [5.74, 6) is -0.444. The van der Waals surface area contributed by atoms with Crippen molar-refractivity contribution < 1.29 is 9.59 Å². The first-order valence-corrected chi connectivity index (χ1v) is 8.57. The fraction of sp³-hybridized carbons (Fsp3) is 0.667. The monoisotopic (exact) mass is 396 g/mol. The fourth-order valence-electron chi connectivity index (χ4n) is 2.73. The van der Waals surface area contributed by atoms with Gasteiger partial charge in [-0.3, -0.25) is 9.59 Å². The summed E-state index contributed by atoms with van der Waals surface area (Å²) in [6.07, 6.45) is 5.70. The molecule has 0 aromatic carbocycles. The molecule has 6 nitrogen and oxygen atoms in total. The number of thiazole rings is 1. The maximum absolute atomic E-state index is 12.2. The van der Waals surface area contributed by atoms with Gasteiger partial charge in [-0.05, 0) is 18.8 Å². The van der Waals surface area contributed by atoms with E-state index in [1.807, 2.05) is 19.2 Å². The van der Waals surface area contributed by atoms with Crippen molar-refractivity contribution in [3.63, 3.8) is 0 Å². The van der Waals surface area contributed by atoms with Gasteiger partial charge in [0.15, 0.2) is 0 Å². The van der Waals surface area contributed by atoms with Crippen LogP contribution in [0.1, 0.15) is 44.5 Å². The third kappa shape index (κ3) is 5.58. The summed E-state index contributed by atoms with van der Waals surface area (Å²) in [7, 11) is 0. The summed E-state index contributed by atoms with van der Waals surface area (Å²) < 4.78 is 0. The van der Waals surface area contributed by atoms with Crippen molar-refractivity contribution in [2.24, 2.45) is 11.7 Å². The number of nitrogens with two attached hydrogens (primary N) is 1. The molecule has 1 atom stereocenters. The number of carbonyl (C=O) groups is 2. The lowest BCUT2D eigenvalue weighted by atomic mass is 9.98. The second-order valence-electron chi connectivity index (χ2n) is 6.16. The number of rotatable bonds is 6. The molecule has 9 heteroatoms. The Kier molecular flexibility index (Phi) is 9.80. The SMILES string of the molecule is CC(C)[C@H](N)C(=O)NCC(=O)NC1(c2nccs2)CCCC1.Cl.Cl. The van der Waals surface area contributed by atoms with E-state index in [0.29, 0.717) is 0 Å². The number of hydrogen-bond acceptors (Lipinski definition) is 5. The van der Waals surface area contributed by atoms with Crippen LogP contribution in [0, 0.1) is 5.92 Å². The summed E-state index contributed by atoms with van der Waals surface area (Å²) in [4.78, 5) is 28.4. The Labute approximate surface area is 159 Å². The molecule has 1 aromatic rings. The van der Waals surface area contributed by atoms with Gasteiger partial charge in [0, 0.05) is 11.6 Å². The smallest absolute Gasteiger partial charge is 0.240 e. The van der Waals surface area contributed by atoms with Gasteiger partial charge in [0.05, 0.1) is 18.1 Å². The van der Waals surface area contributed by atoms with Gasteiger partial charge < -0.3 is 16.4 Å². The van der Waals surface area contributed by atoms with Crippen molar-refractivity contribution in [3.8, 4) is 0 Å². The predicted molar refractivity (Wildman–Crippen MR) is 101 cm³/mol. The molecular formula is C15H26Cl2N4O2S. The van der Waals surface area contributed by atoms with E-state index in [-0.39, 0.29) is 54.6 Å². The van der Waals surface area contributed by atoms with Crippen LogP contribution in [0.15, 0.2) is 11.6 Å². The van der Waals surface area contributed by atoms with Crippen LogP contribution in [-0.4, -0.2) is 29.4 Å². The number of hydrogen-bond donors (Lipinski definition) is 3. The van der Waals surface area contributed by atoms with Gasteiger partial charge in [-0.25, -0.2) is 4.98 Å². The highest BCUT2D eigenvalue weighted by Crippen LogP contribution is 2.39. The number of nitrogens with one attached hydrogen (secondary N) is 2. The average molecular weight is 397 g/mol. The van der Waals surface area contributed by atoms with Crippen LogP contribution in [0.25, 0.3) is 0 Å². The Bertz CT molecular complexity index is 520. The molecule has 4 N–H and O–H groups in total.